The molecular weight excluding hydrogens is 460 g/mol. The number of amides is 1. The number of hydrogen-bond acceptors (Lipinski definition) is 6. The molecule has 0 bridgehead atoms. The third-order valence-corrected chi connectivity index (χ3v) is 6.34. The number of fused-ring (bicyclic) bond motifs is 1. The molecule has 11 nitrogen and oxygen atoms in total. The average molecular weight is 487 g/mol. The van der Waals surface area contributed by atoms with Crippen LogP contribution in [0.15, 0.2) is 64.5 Å². The number of primary amides is 1. The quantitative estimate of drug-likeness (QED) is 0.196. The highest BCUT2D eigenvalue weighted by Crippen LogP contribution is 2.20. The lowest BCUT2D eigenvalue weighted by Crippen LogP contribution is -2.42. The van der Waals surface area contributed by atoms with Crippen LogP contribution in [0.1, 0.15) is 24.2 Å². The number of carbonyl (C=O) groups excluding carboxylic acids is 1. The first-order valence-corrected chi connectivity index (χ1v) is 11.9. The van der Waals surface area contributed by atoms with E-state index in [0.717, 1.165) is 15.3 Å². The molecule has 0 aliphatic carbocycles. The highest BCUT2D eigenvalue weighted by Gasteiger charge is 2.30. The van der Waals surface area contributed by atoms with Crippen LogP contribution in [0, 0.1) is 6.92 Å². The second kappa shape index (κ2) is 9.83. The summed E-state index contributed by atoms with van der Waals surface area (Å²) in [5, 5.41) is 5.28. The molecule has 0 fully saturated rings. The summed E-state index contributed by atoms with van der Waals surface area (Å²) in [5.41, 5.74) is 15.9. The maximum atomic E-state index is 13.2. The van der Waals surface area contributed by atoms with E-state index in [0.29, 0.717) is 11.3 Å². The van der Waals surface area contributed by atoms with E-state index < -0.39 is 33.6 Å². The Labute approximate surface area is 196 Å². The lowest BCUT2D eigenvalue weighted by atomic mass is 10.1. The van der Waals surface area contributed by atoms with Gasteiger partial charge in [0.2, 0.25) is 21.9 Å². The lowest BCUT2D eigenvalue weighted by Gasteiger charge is -2.24. The molecular formula is C22H26N6O5S. The summed E-state index contributed by atoms with van der Waals surface area (Å²) < 4.78 is 29.1. The predicted octanol–water partition coefficient (Wildman–Crippen LogP) is 0.872. The first-order chi connectivity index (χ1) is 16.0. The highest BCUT2D eigenvalue weighted by molar-refractivity contribution is 7.91. The van der Waals surface area contributed by atoms with Crippen molar-refractivity contribution in [2.24, 2.45) is 22.4 Å². The Bertz CT molecular complexity index is 1410. The van der Waals surface area contributed by atoms with Crippen LogP contribution in [0.25, 0.3) is 10.8 Å². The second-order valence-corrected chi connectivity index (χ2v) is 9.50. The fraction of sp³-hybridized carbons (Fsp3) is 0.227. The molecule has 0 aliphatic rings. The number of sulfonamides is 1. The van der Waals surface area contributed by atoms with Crippen LogP contribution in [-0.2, 0) is 25.4 Å². The van der Waals surface area contributed by atoms with Gasteiger partial charge in [-0.05, 0) is 47.5 Å². The van der Waals surface area contributed by atoms with E-state index in [9.17, 15) is 18.0 Å². The maximum absolute atomic E-state index is 13.2. The molecule has 180 valence electrons. The van der Waals surface area contributed by atoms with Crippen molar-refractivity contribution in [1.29, 1.82) is 0 Å². The average Bonchev–Trinajstić information content (AvgIpc) is 2.76. The number of carbonyl (C=O) groups is 1. The normalized spacial score (nSPS) is 13.1. The molecule has 3 aromatic rings. The second-order valence-electron chi connectivity index (χ2n) is 7.78. The first-order valence-electron chi connectivity index (χ1n) is 10.2. The van der Waals surface area contributed by atoms with Gasteiger partial charge in [-0.2, -0.15) is 0 Å². The van der Waals surface area contributed by atoms with Gasteiger partial charge in [0.05, 0.1) is 5.75 Å². The molecule has 1 amide bonds. The molecule has 0 radical (unpaired) electrons. The van der Waals surface area contributed by atoms with Crippen LogP contribution >= 0.6 is 0 Å². The fourth-order valence-electron chi connectivity index (χ4n) is 3.59. The molecule has 2 aromatic carbocycles. The van der Waals surface area contributed by atoms with Crippen molar-refractivity contribution in [2.75, 3.05) is 4.72 Å². The summed E-state index contributed by atoms with van der Waals surface area (Å²) in [4.78, 5) is 30.4. The number of nitrogens with zero attached hydrogens (tertiary/aromatic N) is 2. The third kappa shape index (κ3) is 5.64. The molecule has 0 spiro atoms. The van der Waals surface area contributed by atoms with Gasteiger partial charge in [-0.3, -0.25) is 18.9 Å². The van der Waals surface area contributed by atoms with Crippen molar-refractivity contribution >= 4 is 38.3 Å². The number of aryl methyl sites for hydroxylation is 1. The van der Waals surface area contributed by atoms with Gasteiger partial charge < -0.3 is 22.0 Å². The number of rotatable bonds is 9. The minimum Gasteiger partial charge on any atom is -0.387 e. The van der Waals surface area contributed by atoms with Crippen LogP contribution in [0.2, 0.25) is 0 Å². The summed E-state index contributed by atoms with van der Waals surface area (Å²) in [5.74, 6) is -1.62. The Hall–Kier alpha value is -4.06. The van der Waals surface area contributed by atoms with Crippen LogP contribution in [0.5, 0.6) is 0 Å². The molecule has 12 heteroatoms. The number of guanidine groups is 1. The maximum Gasteiger partial charge on any atom is 0.275 e. The lowest BCUT2D eigenvalue weighted by molar-refractivity contribution is -0.125. The molecule has 2 unspecified atom stereocenters. The molecule has 3 rings (SSSR count). The Balaban J connectivity index is 1.92. The number of aromatic nitrogens is 1. The smallest absolute Gasteiger partial charge is 0.275 e. The molecule has 1 aromatic heterocycles. The van der Waals surface area contributed by atoms with Crippen molar-refractivity contribution in [3.8, 4) is 0 Å². The molecule has 2 atom stereocenters. The molecule has 0 saturated heterocycles. The molecule has 34 heavy (non-hydrogen) atoms. The van der Waals surface area contributed by atoms with Crippen LogP contribution in [0.3, 0.4) is 0 Å². The van der Waals surface area contributed by atoms with Gasteiger partial charge in [-0.1, -0.05) is 42.5 Å². The Morgan fingerprint density at radius 3 is 2.41 bits per heavy atom. The van der Waals surface area contributed by atoms with Crippen molar-refractivity contribution in [2.45, 2.75) is 31.7 Å². The zero-order valence-corrected chi connectivity index (χ0v) is 19.5. The third-order valence-electron chi connectivity index (χ3n) is 5.10. The Kier molecular flexibility index (Phi) is 7.11. The number of benzene rings is 2. The molecule has 1 heterocycles. The van der Waals surface area contributed by atoms with Gasteiger partial charge in [-0.25, -0.2) is 8.42 Å². The minimum absolute atomic E-state index is 0.244. The van der Waals surface area contributed by atoms with E-state index in [1.54, 1.807) is 19.1 Å². The summed E-state index contributed by atoms with van der Waals surface area (Å²) >= 11 is 0. The Morgan fingerprint density at radius 2 is 1.76 bits per heavy atom. The fourth-order valence-corrected chi connectivity index (χ4v) is 4.77. The van der Waals surface area contributed by atoms with Gasteiger partial charge in [0.15, 0.2) is 12.1 Å². The Morgan fingerprint density at radius 1 is 1.09 bits per heavy atom. The molecule has 0 aliphatic heterocycles. The number of nitrogens with two attached hydrogens (primary N) is 3. The van der Waals surface area contributed by atoms with Gasteiger partial charge >= 0.3 is 0 Å². The van der Waals surface area contributed by atoms with Gasteiger partial charge in [0.1, 0.15) is 5.69 Å². The zero-order valence-electron chi connectivity index (χ0n) is 18.6. The minimum atomic E-state index is -3.96. The predicted molar refractivity (Wildman–Crippen MR) is 130 cm³/mol. The number of nitrogens with one attached hydrogen (secondary N) is 1. The standard InChI is InChI=1S/C22H26N6O5S/c1-13-7-10-18(21(30)28(13)19(20(23)29)14(2)33-26-22(24)25)27-34(31,32)12-15-8-9-16-5-3-4-6-17(16)11-15/h3-11,14,19,27H,12H2,1-2H3,(H2,23,29)(H4,24,25,26). The van der Waals surface area contributed by atoms with Crippen molar-refractivity contribution in [3.05, 3.63) is 76.2 Å². The summed E-state index contributed by atoms with van der Waals surface area (Å²) in [6.45, 7) is 3.02. The van der Waals surface area contributed by atoms with Gasteiger partial charge in [0.25, 0.3) is 5.56 Å². The number of hydrogen-bond donors (Lipinski definition) is 4. The zero-order chi connectivity index (χ0) is 25.0. The molecule has 0 saturated carbocycles. The SMILES string of the molecule is Cc1ccc(NS(=O)(=O)Cc2ccc3ccccc3c2)c(=O)n1C(C(N)=O)C(C)ON=C(N)N. The van der Waals surface area contributed by atoms with Crippen LogP contribution in [-0.4, -0.2) is 31.0 Å². The summed E-state index contributed by atoms with van der Waals surface area (Å²) in [6, 6.07) is 14.4. The topological polar surface area (TPSA) is 185 Å². The van der Waals surface area contributed by atoms with Gasteiger partial charge in [-0.15, -0.1) is 0 Å². The van der Waals surface area contributed by atoms with Crippen molar-refractivity contribution < 1.29 is 18.0 Å². The number of anilines is 1. The van der Waals surface area contributed by atoms with E-state index in [2.05, 4.69) is 9.88 Å². The summed E-state index contributed by atoms with van der Waals surface area (Å²) in [6.07, 6.45) is -1.03. The molecule has 7 N–H and O–H groups in total. The van der Waals surface area contributed by atoms with Crippen molar-refractivity contribution in [3.63, 3.8) is 0 Å². The van der Waals surface area contributed by atoms with Gasteiger partial charge in [0, 0.05) is 5.69 Å². The van der Waals surface area contributed by atoms with Crippen LogP contribution in [0.4, 0.5) is 5.69 Å². The van der Waals surface area contributed by atoms with E-state index in [1.165, 1.54) is 19.1 Å². The number of oxime groups is 1. The van der Waals surface area contributed by atoms with E-state index >= 15 is 0 Å². The number of pyridine rings is 1. The monoisotopic (exact) mass is 486 g/mol. The highest BCUT2D eigenvalue weighted by atomic mass is 32.2. The van der Waals surface area contributed by atoms with Crippen LogP contribution < -0.4 is 27.5 Å². The van der Waals surface area contributed by atoms with Crippen molar-refractivity contribution in [1.82, 2.24) is 4.57 Å². The largest absolute Gasteiger partial charge is 0.387 e. The van der Waals surface area contributed by atoms with E-state index in [-0.39, 0.29) is 17.4 Å². The summed E-state index contributed by atoms with van der Waals surface area (Å²) in [7, 11) is -3.96. The van der Waals surface area contributed by atoms with E-state index in [1.807, 2.05) is 30.3 Å². The first kappa shape index (κ1) is 24.6. The van der Waals surface area contributed by atoms with E-state index in [4.69, 9.17) is 22.0 Å².